The molecule has 10 heteroatoms. The average Bonchev–Trinajstić information content (AvgIpc) is 2.96. The van der Waals surface area contributed by atoms with Crippen molar-refractivity contribution >= 4 is 40.4 Å². The molecular formula is C31H28Cl2Hg2N2O2S2. The van der Waals surface area contributed by atoms with Crippen LogP contribution in [0.1, 0.15) is 17.5 Å². The summed E-state index contributed by atoms with van der Waals surface area (Å²) in [5.41, 5.74) is 10.3. The SMILES string of the molecule is COc1ccc(C=NC2=CC=C=CC2=[S+]CCCSC2=C(N=Cc3ccc(OC)cc3)[CH-]C=C=C2)cc1.[Cl-].[Cl-].[Hg+].[Hg+]. The number of hydrogen-bond donors (Lipinski definition) is 0. The number of rotatable bonds is 11. The second-order valence-electron chi connectivity index (χ2n) is 7.90. The monoisotopic (exact) mass is 998 g/mol. The van der Waals surface area contributed by atoms with Crippen LogP contribution in [0.4, 0.5) is 0 Å². The Hall–Kier alpha value is -1.34. The first-order chi connectivity index (χ1) is 18.2. The van der Waals surface area contributed by atoms with E-state index in [-0.39, 0.29) is 80.2 Å². The molecule has 0 aromatic heterocycles. The number of methoxy groups -OCH3 is 2. The Morgan fingerprint density at radius 2 is 1.46 bits per heavy atom. The third-order valence-electron chi connectivity index (χ3n) is 5.35. The zero-order valence-corrected chi connectivity index (χ0v) is 37.2. The summed E-state index contributed by atoms with van der Waals surface area (Å²) >= 11 is 3.62. The zero-order chi connectivity index (χ0) is 25.7. The third kappa shape index (κ3) is 13.2. The van der Waals surface area contributed by atoms with E-state index in [1.54, 1.807) is 14.2 Å². The van der Waals surface area contributed by atoms with Gasteiger partial charge in [-0.15, -0.1) is 24.3 Å². The molecule has 41 heavy (non-hydrogen) atoms. The summed E-state index contributed by atoms with van der Waals surface area (Å²) in [6.45, 7) is 0. The first kappa shape index (κ1) is 39.7. The van der Waals surface area contributed by atoms with Crippen LogP contribution in [0.25, 0.3) is 0 Å². The summed E-state index contributed by atoms with van der Waals surface area (Å²) in [7, 11) is 3.33. The Labute approximate surface area is 304 Å². The van der Waals surface area contributed by atoms with E-state index in [0.29, 0.717) is 0 Å². The van der Waals surface area contributed by atoms with Crippen molar-refractivity contribution < 1.29 is 89.6 Å². The van der Waals surface area contributed by atoms with Crippen molar-refractivity contribution in [2.24, 2.45) is 9.98 Å². The summed E-state index contributed by atoms with van der Waals surface area (Å²) in [6, 6.07) is 15.7. The standard InChI is InChI=1S/C31H28N2O2S2.2ClH.2Hg/c1-34-26-16-12-24(13-17-26)22-32-28-8-3-5-10-30(28)36-20-7-21-37-31-11-6-4-9-29(31)33-23-25-14-18-27(35-2)19-15-25;;;;/h3-4,8-19,22-23H,7,20-21H2,1-2H3;2*1H;;/q;;;2*+1/p-2. The summed E-state index contributed by atoms with van der Waals surface area (Å²) in [4.78, 5) is 11.7. The number of hydrogen-bond acceptors (Lipinski definition) is 5. The van der Waals surface area contributed by atoms with Crippen molar-refractivity contribution in [3.05, 3.63) is 124 Å². The smallest absolute Gasteiger partial charge is 1.00 e. The number of aliphatic imine (C=N–C) groups is 2. The summed E-state index contributed by atoms with van der Waals surface area (Å²) in [5.74, 6) is 3.67. The Morgan fingerprint density at radius 3 is 2.07 bits per heavy atom. The Kier molecular flexibility index (Phi) is 21.5. The van der Waals surface area contributed by atoms with Gasteiger partial charge in [-0.05, 0) is 83.3 Å². The summed E-state index contributed by atoms with van der Waals surface area (Å²) < 4.78 is 10.4. The molecule has 0 aliphatic heterocycles. The molecule has 0 fully saturated rings. The molecule has 4 nitrogen and oxygen atoms in total. The van der Waals surface area contributed by atoms with Gasteiger partial charge in [0.1, 0.15) is 17.2 Å². The van der Waals surface area contributed by atoms with Gasteiger partial charge in [0.2, 0.25) is 0 Å². The van der Waals surface area contributed by atoms with Gasteiger partial charge < -0.3 is 34.3 Å². The molecule has 0 unspecified atom stereocenters. The molecule has 4 rings (SSSR count). The van der Waals surface area contributed by atoms with Gasteiger partial charge in [-0.25, -0.2) is 0 Å². The Balaban J connectivity index is 0.00000400. The second kappa shape index (κ2) is 22.2. The van der Waals surface area contributed by atoms with Crippen LogP contribution >= 0.6 is 11.8 Å². The van der Waals surface area contributed by atoms with Crippen molar-refractivity contribution in [3.8, 4) is 11.5 Å². The van der Waals surface area contributed by atoms with E-state index in [9.17, 15) is 0 Å². The van der Waals surface area contributed by atoms with Crippen LogP contribution in [0.5, 0.6) is 11.5 Å². The van der Waals surface area contributed by atoms with E-state index in [4.69, 9.17) is 19.5 Å². The van der Waals surface area contributed by atoms with Gasteiger partial charge >= 0.3 is 55.3 Å². The minimum absolute atomic E-state index is 0. The van der Waals surface area contributed by atoms with Crippen LogP contribution in [-0.4, -0.2) is 43.0 Å². The van der Waals surface area contributed by atoms with Crippen molar-refractivity contribution in [1.82, 2.24) is 0 Å². The Morgan fingerprint density at radius 1 is 0.854 bits per heavy atom. The number of thioether (sulfide) groups is 1. The van der Waals surface area contributed by atoms with Gasteiger partial charge in [-0.1, -0.05) is 4.91 Å². The zero-order valence-electron chi connectivity index (χ0n) is 23.1. The normalized spacial score (nSPS) is 14.1. The van der Waals surface area contributed by atoms with Crippen LogP contribution in [-0.2, 0) is 66.7 Å². The van der Waals surface area contributed by atoms with E-state index in [1.165, 1.54) is 0 Å². The minimum Gasteiger partial charge on any atom is -1.00 e. The molecule has 2 radical (unpaired) electrons. The largest absolute Gasteiger partial charge is 1.00 e. The summed E-state index contributed by atoms with van der Waals surface area (Å²) in [5, 5.41) is 0. The number of ether oxygens (including phenoxy) is 2. The summed E-state index contributed by atoms with van der Waals surface area (Å²) in [6.07, 6.45) is 16.7. The van der Waals surface area contributed by atoms with E-state index in [2.05, 4.69) is 11.5 Å². The predicted octanol–water partition coefficient (Wildman–Crippen LogP) is 0.373. The van der Waals surface area contributed by atoms with E-state index in [0.717, 1.165) is 61.7 Å². The molecule has 0 heterocycles. The van der Waals surface area contributed by atoms with Gasteiger partial charge in [-0.3, -0.25) is 15.7 Å². The first-order valence-corrected chi connectivity index (χ1v) is 13.8. The van der Waals surface area contributed by atoms with Crippen molar-refractivity contribution in [1.29, 1.82) is 0 Å². The predicted molar refractivity (Wildman–Crippen MR) is 160 cm³/mol. The molecule has 0 saturated carbocycles. The average molecular weight is 997 g/mol. The van der Waals surface area contributed by atoms with Gasteiger partial charge in [0, 0.05) is 24.9 Å². The van der Waals surface area contributed by atoms with Crippen molar-refractivity contribution in [3.63, 3.8) is 0 Å². The van der Waals surface area contributed by atoms with Crippen LogP contribution in [0.2, 0.25) is 0 Å². The minimum atomic E-state index is 0. The molecule has 0 saturated heterocycles. The van der Waals surface area contributed by atoms with E-state index >= 15 is 0 Å². The van der Waals surface area contributed by atoms with E-state index in [1.807, 2.05) is 121 Å². The molecule has 0 spiro atoms. The maximum Gasteiger partial charge on any atom is 1.00 e. The fourth-order valence-corrected chi connectivity index (χ4v) is 5.39. The number of benzene rings is 2. The molecule has 0 atom stereocenters. The second-order valence-corrected chi connectivity index (χ2v) is 10.2. The Bertz CT molecular complexity index is 1390. The fourth-order valence-electron chi connectivity index (χ4n) is 3.35. The van der Waals surface area contributed by atoms with Gasteiger partial charge in [0.05, 0.1) is 14.2 Å². The molecule has 2 aromatic rings. The topological polar surface area (TPSA) is 43.2 Å². The van der Waals surface area contributed by atoms with Crippen LogP contribution in [0.15, 0.2) is 117 Å². The molecule has 0 amide bonds. The van der Waals surface area contributed by atoms with Crippen molar-refractivity contribution in [2.45, 2.75) is 6.42 Å². The van der Waals surface area contributed by atoms with Crippen molar-refractivity contribution in [2.75, 3.05) is 25.7 Å². The van der Waals surface area contributed by atoms with Crippen LogP contribution in [0.3, 0.4) is 0 Å². The van der Waals surface area contributed by atoms with E-state index < -0.39 is 0 Å². The van der Waals surface area contributed by atoms with Crippen LogP contribution < -0.4 is 34.3 Å². The molecular weight excluding hydrogens is 969 g/mol. The van der Waals surface area contributed by atoms with Gasteiger partial charge in [0.25, 0.3) is 4.86 Å². The number of nitrogens with zero attached hydrogens (tertiary/aromatic N) is 2. The molecule has 2 aliphatic rings. The molecule has 0 bridgehead atoms. The molecule has 2 aromatic carbocycles. The molecule has 2 aliphatic carbocycles. The van der Waals surface area contributed by atoms with Gasteiger partial charge in [-0.2, -0.15) is 11.8 Å². The maximum atomic E-state index is 5.22. The maximum absolute atomic E-state index is 5.22. The number of allylic oxidation sites excluding steroid dienone is 4. The quantitative estimate of drug-likeness (QED) is 0.0623. The fraction of sp³-hybridized carbons (Fsp3) is 0.161. The third-order valence-corrected chi connectivity index (χ3v) is 7.61. The number of halogens is 2. The molecule has 0 N–H and O–H groups in total. The first-order valence-electron chi connectivity index (χ1n) is 11.9. The van der Waals surface area contributed by atoms with Gasteiger partial charge in [0.15, 0.2) is 17.1 Å². The molecule has 204 valence electrons. The van der Waals surface area contributed by atoms with Crippen LogP contribution in [0, 0.1) is 6.42 Å².